The van der Waals surface area contributed by atoms with Gasteiger partial charge in [0.25, 0.3) is 11.8 Å². The van der Waals surface area contributed by atoms with Crippen LogP contribution in [0.15, 0.2) is 48.5 Å². The van der Waals surface area contributed by atoms with Gasteiger partial charge in [-0.2, -0.15) is 0 Å². The third-order valence-electron chi connectivity index (χ3n) is 5.06. The molecule has 5 heteroatoms. The molecular formula is C22H27N3O2. The van der Waals surface area contributed by atoms with E-state index in [4.69, 9.17) is 0 Å². The first kappa shape index (κ1) is 19.0. The van der Waals surface area contributed by atoms with Crippen LogP contribution in [-0.4, -0.2) is 49.9 Å². The van der Waals surface area contributed by atoms with E-state index in [9.17, 15) is 9.59 Å². The Kier molecular flexibility index (Phi) is 5.79. The second kappa shape index (κ2) is 8.25. The minimum Gasteiger partial charge on any atom is -0.378 e. The molecule has 0 aliphatic carbocycles. The van der Waals surface area contributed by atoms with Crippen molar-refractivity contribution in [1.29, 1.82) is 0 Å². The average Bonchev–Trinajstić information content (AvgIpc) is 2.68. The lowest BCUT2D eigenvalue weighted by Crippen LogP contribution is -2.46. The zero-order chi connectivity index (χ0) is 19.4. The van der Waals surface area contributed by atoms with Crippen molar-refractivity contribution < 1.29 is 9.59 Å². The van der Waals surface area contributed by atoms with Gasteiger partial charge in [-0.15, -0.1) is 0 Å². The summed E-state index contributed by atoms with van der Waals surface area (Å²) >= 11 is 0. The minimum absolute atomic E-state index is 0.0425. The molecule has 1 aliphatic rings. The zero-order valence-corrected chi connectivity index (χ0v) is 16.2. The van der Waals surface area contributed by atoms with Crippen LogP contribution in [0.1, 0.15) is 39.1 Å². The summed E-state index contributed by atoms with van der Waals surface area (Å²) in [7, 11) is 3.96. The Morgan fingerprint density at radius 1 is 0.926 bits per heavy atom. The number of amides is 2. The average molecular weight is 365 g/mol. The molecule has 1 saturated heterocycles. The van der Waals surface area contributed by atoms with Crippen molar-refractivity contribution in [2.75, 3.05) is 32.1 Å². The molecule has 0 saturated carbocycles. The predicted molar refractivity (Wildman–Crippen MR) is 108 cm³/mol. The smallest absolute Gasteiger partial charge is 0.253 e. The number of carbonyl (C=O) groups is 2. The molecule has 1 N–H and O–H groups in total. The third-order valence-corrected chi connectivity index (χ3v) is 5.06. The lowest BCUT2D eigenvalue weighted by atomic mass is 10.0. The fourth-order valence-electron chi connectivity index (χ4n) is 3.29. The second-order valence-corrected chi connectivity index (χ2v) is 7.35. The van der Waals surface area contributed by atoms with Gasteiger partial charge >= 0.3 is 0 Å². The molecule has 142 valence electrons. The van der Waals surface area contributed by atoms with Gasteiger partial charge in [0.15, 0.2) is 0 Å². The minimum atomic E-state index is -0.0425. The lowest BCUT2D eigenvalue weighted by molar-refractivity contribution is 0.0698. The van der Waals surface area contributed by atoms with E-state index in [2.05, 4.69) is 5.32 Å². The number of benzene rings is 2. The standard InChI is InChI=1S/C22H27N3O2/c1-16-4-6-17(7-5-16)21(26)23-19-12-14-25(15-13-19)22(27)18-8-10-20(11-9-18)24(2)3/h4-11,19H,12-15H2,1-3H3,(H,23,26). The van der Waals surface area contributed by atoms with Crippen LogP contribution in [0.3, 0.4) is 0 Å². The molecule has 0 atom stereocenters. The Morgan fingerprint density at radius 2 is 1.48 bits per heavy atom. The number of hydrogen-bond donors (Lipinski definition) is 1. The van der Waals surface area contributed by atoms with Crippen molar-refractivity contribution in [3.05, 3.63) is 65.2 Å². The number of piperidine rings is 1. The topological polar surface area (TPSA) is 52.7 Å². The number of carbonyl (C=O) groups excluding carboxylic acids is 2. The Balaban J connectivity index is 1.53. The number of rotatable bonds is 4. The normalized spacial score (nSPS) is 14.7. The predicted octanol–water partition coefficient (Wildman–Crippen LogP) is 3.10. The molecule has 1 heterocycles. The van der Waals surface area contributed by atoms with Crippen molar-refractivity contribution in [3.63, 3.8) is 0 Å². The van der Waals surface area contributed by atoms with E-state index in [0.717, 1.165) is 24.1 Å². The highest BCUT2D eigenvalue weighted by molar-refractivity contribution is 5.95. The van der Waals surface area contributed by atoms with Gasteiger partial charge in [0.05, 0.1) is 0 Å². The fraction of sp³-hybridized carbons (Fsp3) is 0.364. The summed E-state index contributed by atoms with van der Waals surface area (Å²) < 4.78 is 0. The van der Waals surface area contributed by atoms with Gasteiger partial charge in [0.2, 0.25) is 0 Å². The van der Waals surface area contributed by atoms with Crippen LogP contribution in [0.4, 0.5) is 5.69 Å². The molecule has 1 fully saturated rings. The molecule has 0 unspecified atom stereocenters. The second-order valence-electron chi connectivity index (χ2n) is 7.35. The molecule has 0 aromatic heterocycles. The number of likely N-dealkylation sites (tertiary alicyclic amines) is 1. The van der Waals surface area contributed by atoms with E-state index >= 15 is 0 Å². The molecule has 2 aromatic rings. The maximum atomic E-state index is 12.7. The fourth-order valence-corrected chi connectivity index (χ4v) is 3.29. The molecule has 5 nitrogen and oxygen atoms in total. The Morgan fingerprint density at radius 3 is 2.04 bits per heavy atom. The SMILES string of the molecule is Cc1ccc(C(=O)NC2CCN(C(=O)c3ccc(N(C)C)cc3)CC2)cc1. The number of anilines is 1. The highest BCUT2D eigenvalue weighted by Gasteiger charge is 2.24. The summed E-state index contributed by atoms with van der Waals surface area (Å²) in [6, 6.07) is 15.4. The van der Waals surface area contributed by atoms with Gasteiger partial charge in [0, 0.05) is 50.0 Å². The van der Waals surface area contributed by atoms with Crippen LogP contribution in [0.2, 0.25) is 0 Å². The summed E-state index contributed by atoms with van der Waals surface area (Å²) in [6.07, 6.45) is 1.55. The number of aryl methyl sites for hydroxylation is 1. The molecule has 0 radical (unpaired) electrons. The van der Waals surface area contributed by atoms with Gasteiger partial charge < -0.3 is 15.1 Å². The van der Waals surface area contributed by atoms with E-state index < -0.39 is 0 Å². The Labute approximate surface area is 161 Å². The molecule has 0 spiro atoms. The van der Waals surface area contributed by atoms with E-state index in [1.807, 2.05) is 79.3 Å². The zero-order valence-electron chi connectivity index (χ0n) is 16.2. The van der Waals surface area contributed by atoms with Gasteiger partial charge in [-0.25, -0.2) is 0 Å². The molecule has 0 bridgehead atoms. The third kappa shape index (κ3) is 4.67. The van der Waals surface area contributed by atoms with Crippen molar-refractivity contribution in [2.45, 2.75) is 25.8 Å². The van der Waals surface area contributed by atoms with E-state index in [0.29, 0.717) is 24.2 Å². The first-order valence-corrected chi connectivity index (χ1v) is 9.38. The summed E-state index contributed by atoms with van der Waals surface area (Å²) in [5, 5.41) is 3.09. The van der Waals surface area contributed by atoms with Crippen LogP contribution >= 0.6 is 0 Å². The van der Waals surface area contributed by atoms with Crippen LogP contribution in [0, 0.1) is 6.92 Å². The van der Waals surface area contributed by atoms with Crippen LogP contribution < -0.4 is 10.2 Å². The quantitative estimate of drug-likeness (QED) is 0.906. The summed E-state index contributed by atoms with van der Waals surface area (Å²) in [5.41, 5.74) is 3.60. The highest BCUT2D eigenvalue weighted by Crippen LogP contribution is 2.17. The van der Waals surface area contributed by atoms with Gasteiger partial charge in [-0.1, -0.05) is 17.7 Å². The molecular weight excluding hydrogens is 338 g/mol. The largest absolute Gasteiger partial charge is 0.378 e. The van der Waals surface area contributed by atoms with Gasteiger partial charge in [-0.05, 0) is 56.2 Å². The highest BCUT2D eigenvalue weighted by atomic mass is 16.2. The lowest BCUT2D eigenvalue weighted by Gasteiger charge is -2.32. The van der Waals surface area contributed by atoms with Crippen molar-refractivity contribution in [3.8, 4) is 0 Å². The van der Waals surface area contributed by atoms with Gasteiger partial charge in [-0.3, -0.25) is 9.59 Å². The number of nitrogens with one attached hydrogen (secondary N) is 1. The molecule has 1 aliphatic heterocycles. The Bertz CT molecular complexity index is 789. The van der Waals surface area contributed by atoms with Crippen LogP contribution in [0.5, 0.6) is 0 Å². The molecule has 2 aromatic carbocycles. The molecule has 3 rings (SSSR count). The first-order valence-electron chi connectivity index (χ1n) is 9.38. The maximum absolute atomic E-state index is 12.7. The molecule has 2 amide bonds. The van der Waals surface area contributed by atoms with Crippen molar-refractivity contribution in [2.24, 2.45) is 0 Å². The van der Waals surface area contributed by atoms with Crippen LogP contribution in [0.25, 0.3) is 0 Å². The monoisotopic (exact) mass is 365 g/mol. The van der Waals surface area contributed by atoms with Gasteiger partial charge in [0.1, 0.15) is 0 Å². The first-order chi connectivity index (χ1) is 12.9. The number of nitrogens with zero attached hydrogens (tertiary/aromatic N) is 2. The molecule has 27 heavy (non-hydrogen) atoms. The summed E-state index contributed by atoms with van der Waals surface area (Å²) in [6.45, 7) is 3.32. The maximum Gasteiger partial charge on any atom is 0.253 e. The van der Waals surface area contributed by atoms with E-state index in [1.165, 1.54) is 0 Å². The van der Waals surface area contributed by atoms with Crippen LogP contribution in [-0.2, 0) is 0 Å². The summed E-state index contributed by atoms with van der Waals surface area (Å²) in [4.78, 5) is 28.9. The van der Waals surface area contributed by atoms with Crippen molar-refractivity contribution in [1.82, 2.24) is 10.2 Å². The van der Waals surface area contributed by atoms with E-state index in [1.54, 1.807) is 0 Å². The number of hydrogen-bond acceptors (Lipinski definition) is 3. The van der Waals surface area contributed by atoms with E-state index in [-0.39, 0.29) is 17.9 Å². The summed E-state index contributed by atoms with van der Waals surface area (Å²) in [5.74, 6) is 0.0164. The van der Waals surface area contributed by atoms with Crippen molar-refractivity contribution >= 4 is 17.5 Å². The Hall–Kier alpha value is -2.82.